The molecule has 1 heterocycles. The van der Waals surface area contributed by atoms with Gasteiger partial charge in [0, 0.05) is 11.8 Å². The highest BCUT2D eigenvalue weighted by Crippen LogP contribution is 2.27. The maximum atomic E-state index is 13.7. The van der Waals surface area contributed by atoms with Crippen LogP contribution in [0, 0.1) is 17.1 Å². The molecule has 0 N–H and O–H groups in total. The van der Waals surface area contributed by atoms with Gasteiger partial charge in [-0.2, -0.15) is 5.26 Å². The van der Waals surface area contributed by atoms with Gasteiger partial charge in [0.05, 0.1) is 16.3 Å². The highest BCUT2D eigenvalue weighted by atomic mass is 35.5. The van der Waals surface area contributed by atoms with Crippen molar-refractivity contribution in [2.75, 3.05) is 0 Å². The molecule has 16 heavy (non-hydrogen) atoms. The normalized spacial score (nSPS) is 9.81. The van der Waals surface area contributed by atoms with Crippen molar-refractivity contribution in [3.63, 3.8) is 0 Å². The van der Waals surface area contributed by atoms with E-state index in [0.29, 0.717) is 11.3 Å². The predicted octanol–water partition coefficient (Wildman–Crippen LogP) is 3.41. The van der Waals surface area contributed by atoms with Crippen LogP contribution in [0.25, 0.3) is 11.3 Å². The standard InChI is InChI=1S/C12H6ClFN2/c13-10-5-1-4-9(11(10)14)12-8(7-15)3-2-6-16-12/h1-6H. The third-order valence-electron chi connectivity index (χ3n) is 2.13. The summed E-state index contributed by atoms with van der Waals surface area (Å²) < 4.78 is 13.7. The highest BCUT2D eigenvalue weighted by molar-refractivity contribution is 6.31. The van der Waals surface area contributed by atoms with Crippen molar-refractivity contribution in [1.82, 2.24) is 4.98 Å². The van der Waals surface area contributed by atoms with Gasteiger partial charge in [0.1, 0.15) is 6.07 Å². The summed E-state index contributed by atoms with van der Waals surface area (Å²) in [7, 11) is 0. The summed E-state index contributed by atoms with van der Waals surface area (Å²) in [6, 6.07) is 9.81. The molecule has 0 bridgehead atoms. The first kappa shape index (κ1) is 10.6. The van der Waals surface area contributed by atoms with E-state index in [1.807, 2.05) is 6.07 Å². The number of aromatic nitrogens is 1. The minimum absolute atomic E-state index is 0.0204. The number of hydrogen-bond donors (Lipinski definition) is 0. The van der Waals surface area contributed by atoms with Crippen molar-refractivity contribution in [3.05, 3.63) is 52.9 Å². The monoisotopic (exact) mass is 232 g/mol. The van der Waals surface area contributed by atoms with E-state index >= 15 is 0 Å². The number of nitriles is 1. The molecule has 0 aliphatic heterocycles. The molecule has 0 spiro atoms. The zero-order valence-electron chi connectivity index (χ0n) is 8.11. The Balaban J connectivity index is 2.69. The van der Waals surface area contributed by atoms with Crippen molar-refractivity contribution >= 4 is 11.6 Å². The second-order valence-corrected chi connectivity index (χ2v) is 3.52. The van der Waals surface area contributed by atoms with Crippen LogP contribution in [-0.4, -0.2) is 4.98 Å². The van der Waals surface area contributed by atoms with Gasteiger partial charge in [0.25, 0.3) is 0 Å². The lowest BCUT2D eigenvalue weighted by atomic mass is 10.1. The quantitative estimate of drug-likeness (QED) is 0.756. The second-order valence-electron chi connectivity index (χ2n) is 3.11. The summed E-state index contributed by atoms with van der Waals surface area (Å²) >= 11 is 5.67. The van der Waals surface area contributed by atoms with E-state index in [9.17, 15) is 4.39 Å². The topological polar surface area (TPSA) is 36.7 Å². The summed E-state index contributed by atoms with van der Waals surface area (Å²) in [5, 5.41) is 8.91. The lowest BCUT2D eigenvalue weighted by Crippen LogP contribution is -1.92. The largest absolute Gasteiger partial charge is 0.255 e. The Hall–Kier alpha value is -1.92. The molecule has 0 atom stereocenters. The molecule has 2 nitrogen and oxygen atoms in total. The number of nitrogens with zero attached hydrogens (tertiary/aromatic N) is 2. The summed E-state index contributed by atoms with van der Waals surface area (Å²) in [4.78, 5) is 4.00. The molecule has 0 fully saturated rings. The van der Waals surface area contributed by atoms with E-state index in [4.69, 9.17) is 16.9 Å². The molecule has 4 heteroatoms. The molecule has 0 aliphatic carbocycles. The van der Waals surface area contributed by atoms with Crippen molar-refractivity contribution in [3.8, 4) is 17.3 Å². The Kier molecular flexibility index (Phi) is 2.84. The molecule has 0 aliphatic rings. The molecule has 0 saturated heterocycles. The van der Waals surface area contributed by atoms with Gasteiger partial charge in [-0.05, 0) is 24.3 Å². The van der Waals surface area contributed by atoms with Crippen molar-refractivity contribution in [2.24, 2.45) is 0 Å². The Morgan fingerprint density at radius 1 is 1.25 bits per heavy atom. The molecule has 0 amide bonds. The maximum Gasteiger partial charge on any atom is 0.151 e. The Bertz CT molecular complexity index is 575. The first-order chi connectivity index (χ1) is 7.74. The fourth-order valence-electron chi connectivity index (χ4n) is 1.40. The Labute approximate surface area is 96.9 Å². The maximum absolute atomic E-state index is 13.7. The van der Waals surface area contributed by atoms with Crippen molar-refractivity contribution in [1.29, 1.82) is 5.26 Å². The molecule has 1 aromatic heterocycles. The smallest absolute Gasteiger partial charge is 0.151 e. The lowest BCUT2D eigenvalue weighted by Gasteiger charge is -2.04. The van der Waals surface area contributed by atoms with Gasteiger partial charge in [-0.25, -0.2) is 4.39 Å². The summed E-state index contributed by atoms with van der Waals surface area (Å²) in [6.07, 6.45) is 1.51. The van der Waals surface area contributed by atoms with Crippen molar-refractivity contribution in [2.45, 2.75) is 0 Å². The summed E-state index contributed by atoms with van der Waals surface area (Å²) in [5.41, 5.74) is 0.873. The van der Waals surface area contributed by atoms with Crippen LogP contribution in [0.3, 0.4) is 0 Å². The fourth-order valence-corrected chi connectivity index (χ4v) is 1.57. The lowest BCUT2D eigenvalue weighted by molar-refractivity contribution is 0.631. The predicted molar refractivity (Wildman–Crippen MR) is 59.4 cm³/mol. The minimum Gasteiger partial charge on any atom is -0.255 e. The van der Waals surface area contributed by atoms with Crippen LogP contribution in [0.5, 0.6) is 0 Å². The zero-order chi connectivity index (χ0) is 11.5. The molecule has 2 aromatic rings. The van der Waals surface area contributed by atoms with E-state index in [-0.39, 0.29) is 10.6 Å². The third-order valence-corrected chi connectivity index (χ3v) is 2.43. The van der Waals surface area contributed by atoms with Crippen LogP contribution in [0.4, 0.5) is 4.39 Å². The molecule has 78 valence electrons. The SMILES string of the molecule is N#Cc1cccnc1-c1cccc(Cl)c1F. The molecule has 1 aromatic carbocycles. The molecule has 0 radical (unpaired) electrons. The zero-order valence-corrected chi connectivity index (χ0v) is 8.87. The minimum atomic E-state index is -0.556. The number of hydrogen-bond acceptors (Lipinski definition) is 2. The molecular formula is C12H6ClFN2. The average Bonchev–Trinajstić information content (AvgIpc) is 2.33. The van der Waals surface area contributed by atoms with Crippen LogP contribution in [-0.2, 0) is 0 Å². The molecular weight excluding hydrogens is 227 g/mol. The first-order valence-corrected chi connectivity index (χ1v) is 4.91. The molecule has 0 saturated carbocycles. The van der Waals surface area contributed by atoms with Gasteiger partial charge in [0.15, 0.2) is 5.82 Å². The van der Waals surface area contributed by atoms with Gasteiger partial charge in [-0.3, -0.25) is 4.98 Å². The summed E-state index contributed by atoms with van der Waals surface area (Å²) in [5.74, 6) is -0.556. The first-order valence-electron chi connectivity index (χ1n) is 4.53. The van der Waals surface area contributed by atoms with Crippen LogP contribution < -0.4 is 0 Å². The van der Waals surface area contributed by atoms with E-state index in [0.717, 1.165) is 0 Å². The number of pyridine rings is 1. The summed E-state index contributed by atoms with van der Waals surface area (Å²) in [6.45, 7) is 0. The molecule has 2 rings (SSSR count). The van der Waals surface area contributed by atoms with Crippen molar-refractivity contribution < 1.29 is 4.39 Å². The molecule has 0 unspecified atom stereocenters. The highest BCUT2D eigenvalue weighted by Gasteiger charge is 2.12. The van der Waals surface area contributed by atoms with Gasteiger partial charge < -0.3 is 0 Å². The third kappa shape index (κ3) is 1.75. The number of benzene rings is 1. The van der Waals surface area contributed by atoms with E-state index in [1.54, 1.807) is 24.3 Å². The average molecular weight is 233 g/mol. The van der Waals surface area contributed by atoms with E-state index < -0.39 is 5.82 Å². The Morgan fingerprint density at radius 3 is 2.81 bits per heavy atom. The van der Waals surface area contributed by atoms with Gasteiger partial charge >= 0.3 is 0 Å². The number of rotatable bonds is 1. The fraction of sp³-hybridized carbons (Fsp3) is 0. The van der Waals surface area contributed by atoms with Crippen LogP contribution in [0.2, 0.25) is 5.02 Å². The van der Waals surface area contributed by atoms with Gasteiger partial charge in [-0.1, -0.05) is 17.7 Å². The van der Waals surface area contributed by atoms with E-state index in [1.165, 1.54) is 12.3 Å². The second kappa shape index (κ2) is 4.30. The Morgan fingerprint density at radius 2 is 2.06 bits per heavy atom. The van der Waals surface area contributed by atoms with Gasteiger partial charge in [0.2, 0.25) is 0 Å². The van der Waals surface area contributed by atoms with Gasteiger partial charge in [-0.15, -0.1) is 0 Å². The van der Waals surface area contributed by atoms with E-state index in [2.05, 4.69) is 4.98 Å². The van der Waals surface area contributed by atoms with Crippen LogP contribution >= 0.6 is 11.6 Å². The van der Waals surface area contributed by atoms with Crippen LogP contribution in [0.1, 0.15) is 5.56 Å². The van der Waals surface area contributed by atoms with Crippen LogP contribution in [0.15, 0.2) is 36.5 Å². The number of halogens is 2.